The van der Waals surface area contributed by atoms with E-state index in [9.17, 15) is 0 Å². The first-order valence-corrected chi connectivity index (χ1v) is 15.3. The fourth-order valence-corrected chi connectivity index (χ4v) is 6.68. The standard InChI is InChI=1S/C40H36N4O/c1-25-19-27(3)38(28(4)20-25)36-17-18-43(42-36)32-12-10-14-34(24-32)45-33-13-9-11-31(23-33)40-41-35-15-7-8-16-37(35)44(40)39-29(5)21-26(2)22-30(39)6/h7-24H,1-6H3. The molecule has 0 saturated carbocycles. The average Bonchev–Trinajstić information content (AvgIpc) is 3.63. The van der Waals surface area contributed by atoms with Crippen LogP contribution in [0.5, 0.6) is 11.5 Å². The van der Waals surface area contributed by atoms with Crippen molar-refractivity contribution < 1.29 is 4.74 Å². The van der Waals surface area contributed by atoms with Gasteiger partial charge < -0.3 is 4.74 Å². The third-order valence-corrected chi connectivity index (χ3v) is 8.35. The Hall–Kier alpha value is -5.42. The van der Waals surface area contributed by atoms with Crippen molar-refractivity contribution in [1.82, 2.24) is 19.3 Å². The van der Waals surface area contributed by atoms with Crippen molar-refractivity contribution in [3.05, 3.63) is 143 Å². The molecule has 0 N–H and O–H groups in total. The zero-order valence-electron chi connectivity index (χ0n) is 26.6. The molecule has 5 heteroatoms. The highest BCUT2D eigenvalue weighted by molar-refractivity contribution is 5.84. The Labute approximate surface area is 264 Å². The van der Waals surface area contributed by atoms with Crippen LogP contribution in [0.25, 0.3) is 45.1 Å². The summed E-state index contributed by atoms with van der Waals surface area (Å²) in [6.07, 6.45) is 2.01. The van der Waals surface area contributed by atoms with Crippen LogP contribution in [0.4, 0.5) is 0 Å². The monoisotopic (exact) mass is 588 g/mol. The number of aromatic nitrogens is 4. The number of benzene rings is 5. The third kappa shape index (κ3) is 5.31. The van der Waals surface area contributed by atoms with E-state index in [1.54, 1.807) is 0 Å². The molecule has 222 valence electrons. The molecule has 0 unspecified atom stereocenters. The Morgan fingerprint density at radius 2 is 1.24 bits per heavy atom. The quantitative estimate of drug-likeness (QED) is 0.194. The van der Waals surface area contributed by atoms with Crippen molar-refractivity contribution in [3.63, 3.8) is 0 Å². The van der Waals surface area contributed by atoms with E-state index in [-0.39, 0.29) is 0 Å². The highest BCUT2D eigenvalue weighted by Crippen LogP contribution is 2.35. The summed E-state index contributed by atoms with van der Waals surface area (Å²) in [5.74, 6) is 2.37. The van der Waals surface area contributed by atoms with Crippen molar-refractivity contribution in [3.8, 4) is 45.5 Å². The lowest BCUT2D eigenvalue weighted by molar-refractivity contribution is 0.482. The van der Waals surface area contributed by atoms with Crippen LogP contribution < -0.4 is 4.74 Å². The Morgan fingerprint density at radius 1 is 0.600 bits per heavy atom. The summed E-state index contributed by atoms with van der Waals surface area (Å²) in [5, 5.41) is 4.93. The molecule has 0 fully saturated rings. The zero-order valence-corrected chi connectivity index (χ0v) is 26.6. The first kappa shape index (κ1) is 28.4. The maximum atomic E-state index is 6.45. The molecule has 7 rings (SSSR count). The van der Waals surface area contributed by atoms with Crippen LogP contribution in [0.1, 0.15) is 33.4 Å². The van der Waals surface area contributed by atoms with E-state index < -0.39 is 0 Å². The highest BCUT2D eigenvalue weighted by atomic mass is 16.5. The number of fused-ring (bicyclic) bond motifs is 1. The zero-order chi connectivity index (χ0) is 31.2. The van der Waals surface area contributed by atoms with E-state index >= 15 is 0 Å². The van der Waals surface area contributed by atoms with Gasteiger partial charge in [-0.3, -0.25) is 4.57 Å². The van der Waals surface area contributed by atoms with Crippen LogP contribution in [0.15, 0.2) is 109 Å². The molecule has 0 bridgehead atoms. The Bertz CT molecular complexity index is 2170. The summed E-state index contributed by atoms with van der Waals surface area (Å²) in [6, 6.07) is 35.5. The maximum Gasteiger partial charge on any atom is 0.145 e. The molecule has 0 amide bonds. The second-order valence-corrected chi connectivity index (χ2v) is 12.1. The number of hydrogen-bond donors (Lipinski definition) is 0. The van der Waals surface area contributed by atoms with Gasteiger partial charge in [-0.05, 0) is 106 Å². The molecule has 5 nitrogen and oxygen atoms in total. The Morgan fingerprint density at radius 3 is 1.98 bits per heavy atom. The van der Waals surface area contributed by atoms with Gasteiger partial charge in [0.05, 0.1) is 28.1 Å². The number of imidazole rings is 1. The number of nitrogens with zero attached hydrogens (tertiary/aromatic N) is 4. The van der Waals surface area contributed by atoms with Gasteiger partial charge in [0.25, 0.3) is 0 Å². The lowest BCUT2D eigenvalue weighted by atomic mass is 9.98. The van der Waals surface area contributed by atoms with E-state index in [4.69, 9.17) is 14.8 Å². The van der Waals surface area contributed by atoms with Gasteiger partial charge >= 0.3 is 0 Å². The minimum Gasteiger partial charge on any atom is -0.457 e. The molecule has 0 saturated heterocycles. The normalized spacial score (nSPS) is 11.3. The molecule has 45 heavy (non-hydrogen) atoms. The Balaban J connectivity index is 1.23. The molecule has 0 radical (unpaired) electrons. The number of aryl methyl sites for hydroxylation is 6. The number of rotatable bonds is 6. The number of hydrogen-bond acceptors (Lipinski definition) is 3. The van der Waals surface area contributed by atoms with Crippen LogP contribution in [0.3, 0.4) is 0 Å². The molecular weight excluding hydrogens is 552 g/mol. The summed E-state index contributed by atoms with van der Waals surface area (Å²) in [6.45, 7) is 12.9. The highest BCUT2D eigenvalue weighted by Gasteiger charge is 2.18. The van der Waals surface area contributed by atoms with Crippen molar-refractivity contribution in [2.24, 2.45) is 0 Å². The van der Waals surface area contributed by atoms with Gasteiger partial charge in [-0.1, -0.05) is 65.7 Å². The first-order chi connectivity index (χ1) is 21.7. The summed E-state index contributed by atoms with van der Waals surface area (Å²) in [4.78, 5) is 5.11. The van der Waals surface area contributed by atoms with Gasteiger partial charge in [-0.15, -0.1) is 0 Å². The van der Waals surface area contributed by atoms with Gasteiger partial charge in [0.2, 0.25) is 0 Å². The van der Waals surface area contributed by atoms with Crippen LogP contribution in [0, 0.1) is 41.5 Å². The average molecular weight is 589 g/mol. The largest absolute Gasteiger partial charge is 0.457 e. The van der Waals surface area contributed by atoms with E-state index in [0.29, 0.717) is 0 Å². The fourth-order valence-electron chi connectivity index (χ4n) is 6.68. The van der Waals surface area contributed by atoms with Crippen LogP contribution in [-0.2, 0) is 0 Å². The summed E-state index contributed by atoms with van der Waals surface area (Å²) < 4.78 is 10.6. The number of para-hydroxylation sites is 2. The lowest BCUT2D eigenvalue weighted by Crippen LogP contribution is -2.03. The van der Waals surface area contributed by atoms with Crippen molar-refractivity contribution in [2.75, 3.05) is 0 Å². The second kappa shape index (κ2) is 11.3. The van der Waals surface area contributed by atoms with Crippen LogP contribution >= 0.6 is 0 Å². The van der Waals surface area contributed by atoms with Gasteiger partial charge in [0.15, 0.2) is 0 Å². The van der Waals surface area contributed by atoms with Gasteiger partial charge in [-0.25, -0.2) is 9.67 Å². The van der Waals surface area contributed by atoms with Gasteiger partial charge in [0.1, 0.15) is 17.3 Å². The summed E-state index contributed by atoms with van der Waals surface area (Å²) in [7, 11) is 0. The second-order valence-electron chi connectivity index (χ2n) is 12.1. The van der Waals surface area contributed by atoms with E-state index in [1.165, 1.54) is 38.9 Å². The van der Waals surface area contributed by atoms with E-state index in [2.05, 4.69) is 107 Å². The van der Waals surface area contributed by atoms with Crippen molar-refractivity contribution >= 4 is 11.0 Å². The number of ether oxygens (including phenoxy) is 1. The smallest absolute Gasteiger partial charge is 0.145 e. The van der Waals surface area contributed by atoms with Crippen LogP contribution in [-0.4, -0.2) is 19.3 Å². The topological polar surface area (TPSA) is 44.9 Å². The van der Waals surface area contributed by atoms with Crippen LogP contribution in [0.2, 0.25) is 0 Å². The molecule has 7 aromatic rings. The minimum absolute atomic E-state index is 0.739. The van der Waals surface area contributed by atoms with Crippen molar-refractivity contribution in [2.45, 2.75) is 41.5 Å². The molecule has 2 heterocycles. The summed E-state index contributed by atoms with van der Waals surface area (Å²) in [5.41, 5.74) is 14.7. The molecule has 0 spiro atoms. The molecule has 0 aliphatic carbocycles. The molecule has 2 aromatic heterocycles. The lowest BCUT2D eigenvalue weighted by Gasteiger charge is -2.17. The predicted octanol–water partition coefficient (Wildman–Crippen LogP) is 10.2. The van der Waals surface area contributed by atoms with E-state index in [0.717, 1.165) is 51.0 Å². The molecule has 0 aliphatic rings. The van der Waals surface area contributed by atoms with Gasteiger partial charge in [-0.2, -0.15) is 5.10 Å². The first-order valence-electron chi connectivity index (χ1n) is 15.3. The SMILES string of the molecule is Cc1cc(C)c(-c2ccn(-c3cccc(Oc4cccc(-c5nc6ccccc6n5-c5c(C)cc(C)cc5C)c4)c3)n2)c(C)c1. The molecule has 0 atom stereocenters. The molecule has 0 aliphatic heterocycles. The third-order valence-electron chi connectivity index (χ3n) is 8.35. The molecule has 5 aromatic carbocycles. The minimum atomic E-state index is 0.739. The molecular formula is C40H36N4O. The van der Waals surface area contributed by atoms with Crippen molar-refractivity contribution in [1.29, 1.82) is 0 Å². The van der Waals surface area contributed by atoms with Gasteiger partial charge in [0, 0.05) is 23.4 Å². The van der Waals surface area contributed by atoms with E-state index in [1.807, 2.05) is 53.3 Å². The fraction of sp³-hybridized carbons (Fsp3) is 0.150. The summed E-state index contributed by atoms with van der Waals surface area (Å²) >= 11 is 0. The Kier molecular flexibility index (Phi) is 7.09. The maximum absolute atomic E-state index is 6.45. The predicted molar refractivity (Wildman–Crippen MR) is 184 cm³/mol.